The number of nitrogens with zero attached hydrogens (tertiary/aromatic N) is 3. The Morgan fingerprint density at radius 3 is 2.34 bits per heavy atom. The number of rotatable bonds is 7. The van der Waals surface area contributed by atoms with Gasteiger partial charge in [0.1, 0.15) is 0 Å². The predicted molar refractivity (Wildman–Crippen MR) is 115 cm³/mol. The largest absolute Gasteiger partial charge is 0.340 e. The quantitative estimate of drug-likeness (QED) is 0.585. The third kappa shape index (κ3) is 5.58. The van der Waals surface area contributed by atoms with Gasteiger partial charge < -0.3 is 4.90 Å². The average molecular weight is 462 g/mol. The molecule has 0 unspecified atom stereocenters. The molecule has 162 valence electrons. The molecule has 0 N–H and O–H groups in total. The Morgan fingerprint density at radius 1 is 1.10 bits per heavy atom. The molecule has 0 aromatic carbocycles. The van der Waals surface area contributed by atoms with Crippen LogP contribution in [0.2, 0.25) is 4.34 Å². The predicted octanol–water partition coefficient (Wildman–Crippen LogP) is 3.02. The maximum absolute atomic E-state index is 12.9. The number of hydrogen-bond acceptors (Lipinski definition) is 5. The summed E-state index contributed by atoms with van der Waals surface area (Å²) in [5.74, 6) is -0.204. The molecule has 0 atom stereocenters. The van der Waals surface area contributed by atoms with E-state index in [4.69, 9.17) is 11.6 Å². The van der Waals surface area contributed by atoms with E-state index >= 15 is 0 Å². The molecule has 2 aliphatic rings. The van der Waals surface area contributed by atoms with Crippen molar-refractivity contribution in [2.75, 3.05) is 33.2 Å². The molecular weight excluding hydrogens is 434 g/mol. The number of amides is 1. The number of Topliss-reactive ketones (excluding diaryl/α,β-unsaturated/α-hetero) is 1. The number of hydrogen-bond donors (Lipinski definition) is 0. The number of ketones is 1. The molecule has 1 aromatic heterocycles. The van der Waals surface area contributed by atoms with Crippen molar-refractivity contribution in [2.45, 2.75) is 51.0 Å². The Morgan fingerprint density at radius 2 is 1.76 bits per heavy atom. The molecule has 2 fully saturated rings. The summed E-state index contributed by atoms with van der Waals surface area (Å²) in [4.78, 5) is 26.8. The number of carbonyl (C=O) groups excluding carboxylic acids is 2. The minimum Gasteiger partial charge on any atom is -0.340 e. The lowest BCUT2D eigenvalue weighted by molar-refractivity contribution is -0.132. The van der Waals surface area contributed by atoms with Crippen LogP contribution < -0.4 is 0 Å². The van der Waals surface area contributed by atoms with E-state index in [9.17, 15) is 18.0 Å². The van der Waals surface area contributed by atoms with Gasteiger partial charge in [-0.2, -0.15) is 17.0 Å². The second-order valence-corrected chi connectivity index (χ2v) is 11.3. The van der Waals surface area contributed by atoms with E-state index in [0.29, 0.717) is 35.4 Å². The molecule has 7 nitrogen and oxygen atoms in total. The third-order valence-corrected chi connectivity index (χ3v) is 9.10. The first-order chi connectivity index (χ1) is 13.8. The zero-order valence-electron chi connectivity index (χ0n) is 16.7. The molecule has 1 aliphatic heterocycles. The van der Waals surface area contributed by atoms with E-state index in [1.54, 1.807) is 24.1 Å². The van der Waals surface area contributed by atoms with Crippen LogP contribution in [0.3, 0.4) is 0 Å². The van der Waals surface area contributed by atoms with Gasteiger partial charge in [0.05, 0.1) is 9.21 Å². The molecule has 1 aliphatic carbocycles. The Labute approximate surface area is 181 Å². The van der Waals surface area contributed by atoms with Gasteiger partial charge in [0.2, 0.25) is 5.91 Å². The molecule has 2 heterocycles. The van der Waals surface area contributed by atoms with Gasteiger partial charge in [-0.3, -0.25) is 9.59 Å². The fourth-order valence-electron chi connectivity index (χ4n) is 3.95. The van der Waals surface area contributed by atoms with Crippen molar-refractivity contribution in [3.8, 4) is 0 Å². The molecule has 1 saturated heterocycles. The van der Waals surface area contributed by atoms with Crippen molar-refractivity contribution < 1.29 is 18.0 Å². The summed E-state index contributed by atoms with van der Waals surface area (Å²) in [6, 6.07) is 3.42. The first-order valence-electron chi connectivity index (χ1n) is 10.1. The fourth-order valence-corrected chi connectivity index (χ4v) is 6.54. The monoisotopic (exact) mass is 461 g/mol. The molecule has 3 rings (SSSR count). The maximum atomic E-state index is 12.9. The highest BCUT2D eigenvalue weighted by Gasteiger charge is 2.35. The van der Waals surface area contributed by atoms with Crippen LogP contribution >= 0.6 is 22.9 Å². The van der Waals surface area contributed by atoms with Crippen LogP contribution in [0.25, 0.3) is 0 Å². The van der Waals surface area contributed by atoms with Crippen molar-refractivity contribution in [3.05, 3.63) is 21.3 Å². The molecule has 0 spiro atoms. The molecule has 1 saturated carbocycles. The second-order valence-electron chi connectivity index (χ2n) is 7.62. The molecule has 1 amide bonds. The Kier molecular flexibility index (Phi) is 7.72. The van der Waals surface area contributed by atoms with Crippen molar-refractivity contribution in [2.24, 2.45) is 0 Å². The summed E-state index contributed by atoms with van der Waals surface area (Å²) in [6.07, 6.45) is 5.41. The highest BCUT2D eigenvalue weighted by atomic mass is 35.5. The minimum atomic E-state index is -3.51. The van der Waals surface area contributed by atoms with E-state index < -0.39 is 10.2 Å². The summed E-state index contributed by atoms with van der Waals surface area (Å²) >= 11 is 7.06. The average Bonchev–Trinajstić information content (AvgIpc) is 3.18. The highest BCUT2D eigenvalue weighted by molar-refractivity contribution is 7.86. The first kappa shape index (κ1) is 22.7. The normalized spacial score (nSPS) is 19.6. The SMILES string of the molecule is CN(C1CCCCC1)S(=O)(=O)N1CCN(C(=O)CCC(=O)c2ccc(Cl)s2)CC1. The summed E-state index contributed by atoms with van der Waals surface area (Å²) in [6.45, 7) is 1.30. The van der Waals surface area contributed by atoms with Gasteiger partial charge in [0.15, 0.2) is 5.78 Å². The van der Waals surface area contributed by atoms with E-state index in [1.807, 2.05) is 0 Å². The lowest BCUT2D eigenvalue weighted by Crippen LogP contribution is -2.55. The smallest absolute Gasteiger partial charge is 0.282 e. The van der Waals surface area contributed by atoms with Gasteiger partial charge in [-0.25, -0.2) is 0 Å². The van der Waals surface area contributed by atoms with Crippen LogP contribution in [0.5, 0.6) is 0 Å². The van der Waals surface area contributed by atoms with Crippen LogP contribution in [-0.4, -0.2) is 72.9 Å². The Bertz CT molecular complexity index is 828. The highest BCUT2D eigenvalue weighted by Crippen LogP contribution is 2.26. The summed E-state index contributed by atoms with van der Waals surface area (Å²) in [5.41, 5.74) is 0. The van der Waals surface area contributed by atoms with Crippen molar-refractivity contribution >= 4 is 44.8 Å². The standard InChI is InChI=1S/C19H28ClN3O4S2/c1-21(15-5-3-2-4-6-15)29(26,27)23-13-11-22(12-14-23)19(25)10-7-16(24)17-8-9-18(20)28-17/h8-9,15H,2-7,10-14H2,1H3. The van der Waals surface area contributed by atoms with Crippen molar-refractivity contribution in [3.63, 3.8) is 0 Å². The Balaban J connectivity index is 1.47. The van der Waals surface area contributed by atoms with Gasteiger partial charge in [-0.05, 0) is 25.0 Å². The van der Waals surface area contributed by atoms with E-state index in [1.165, 1.54) is 26.4 Å². The van der Waals surface area contributed by atoms with Crippen LogP contribution in [0.4, 0.5) is 0 Å². The molecule has 29 heavy (non-hydrogen) atoms. The lowest BCUT2D eigenvalue weighted by Gasteiger charge is -2.38. The third-order valence-electron chi connectivity index (χ3n) is 5.78. The number of carbonyl (C=O) groups is 2. The molecule has 0 bridgehead atoms. The lowest BCUT2D eigenvalue weighted by atomic mass is 9.96. The van der Waals surface area contributed by atoms with Crippen LogP contribution in [0, 0.1) is 0 Å². The van der Waals surface area contributed by atoms with Crippen LogP contribution in [0.15, 0.2) is 12.1 Å². The molecule has 10 heteroatoms. The van der Waals surface area contributed by atoms with Crippen molar-refractivity contribution in [1.82, 2.24) is 13.5 Å². The van der Waals surface area contributed by atoms with Gasteiger partial charge in [0, 0.05) is 52.1 Å². The van der Waals surface area contributed by atoms with E-state index in [0.717, 1.165) is 25.7 Å². The van der Waals surface area contributed by atoms with Crippen molar-refractivity contribution in [1.29, 1.82) is 0 Å². The summed E-state index contributed by atoms with van der Waals surface area (Å²) in [7, 11) is -1.83. The van der Waals surface area contributed by atoms with Gasteiger partial charge >= 0.3 is 0 Å². The summed E-state index contributed by atoms with van der Waals surface area (Å²) < 4.78 is 29.4. The van der Waals surface area contributed by atoms with Gasteiger partial charge in [-0.15, -0.1) is 11.3 Å². The minimum absolute atomic E-state index is 0.0742. The molecular formula is C19H28ClN3O4S2. The van der Waals surface area contributed by atoms with Gasteiger partial charge in [-0.1, -0.05) is 30.9 Å². The van der Waals surface area contributed by atoms with Gasteiger partial charge in [0.25, 0.3) is 10.2 Å². The number of thiophene rings is 1. The fraction of sp³-hybridized carbons (Fsp3) is 0.684. The topological polar surface area (TPSA) is 78.0 Å². The zero-order chi connectivity index (χ0) is 21.0. The maximum Gasteiger partial charge on any atom is 0.282 e. The number of halogens is 1. The first-order valence-corrected chi connectivity index (χ1v) is 12.7. The second kappa shape index (κ2) is 9.87. The van der Waals surface area contributed by atoms with E-state index in [2.05, 4.69) is 0 Å². The molecule has 1 aromatic rings. The van der Waals surface area contributed by atoms with Crippen LogP contribution in [0.1, 0.15) is 54.6 Å². The molecule has 0 radical (unpaired) electrons. The number of piperazine rings is 1. The van der Waals surface area contributed by atoms with Crippen LogP contribution in [-0.2, 0) is 15.0 Å². The Hall–Kier alpha value is -1.000. The van der Waals surface area contributed by atoms with E-state index in [-0.39, 0.29) is 30.6 Å². The summed E-state index contributed by atoms with van der Waals surface area (Å²) in [5, 5.41) is 0. The zero-order valence-corrected chi connectivity index (χ0v) is 19.1.